The van der Waals surface area contributed by atoms with Gasteiger partial charge in [0.05, 0.1) is 24.9 Å². The molecule has 0 spiro atoms. The third-order valence-electron chi connectivity index (χ3n) is 4.55. The number of benzene rings is 2. The molecule has 0 aliphatic rings. The summed E-state index contributed by atoms with van der Waals surface area (Å²) in [5.74, 6) is 1.21. The first kappa shape index (κ1) is 22.1. The molecule has 0 bridgehead atoms. The highest BCUT2D eigenvalue weighted by molar-refractivity contribution is 6.03. The van der Waals surface area contributed by atoms with Crippen LogP contribution in [-0.4, -0.2) is 47.5 Å². The van der Waals surface area contributed by atoms with Crippen LogP contribution in [0.1, 0.15) is 0 Å². The highest BCUT2D eigenvalue weighted by Crippen LogP contribution is 2.38. The minimum absolute atomic E-state index is 0. The Balaban J connectivity index is 0.00000272. The second kappa shape index (κ2) is 9.45. The largest absolute Gasteiger partial charge is 0.493 e. The number of hydrogen-bond donors (Lipinski definition) is 1. The van der Waals surface area contributed by atoms with Crippen molar-refractivity contribution in [3.63, 3.8) is 0 Å². The minimum Gasteiger partial charge on any atom is -0.493 e. The van der Waals surface area contributed by atoms with Gasteiger partial charge < -0.3 is 19.2 Å². The van der Waals surface area contributed by atoms with Crippen molar-refractivity contribution in [3.05, 3.63) is 53.0 Å². The van der Waals surface area contributed by atoms with Gasteiger partial charge in [-0.25, -0.2) is 9.97 Å². The monoisotopic (exact) mass is 446 g/mol. The zero-order valence-electron chi connectivity index (χ0n) is 16.7. The Morgan fingerprint density at radius 1 is 1.06 bits per heavy atom. The molecule has 2 aromatic carbocycles. The number of aromatic nitrogens is 3. The summed E-state index contributed by atoms with van der Waals surface area (Å²) in [7, 11) is 3.16. The number of hydrogen-bond acceptors (Lipinski definition) is 8. The Morgan fingerprint density at radius 2 is 1.90 bits per heavy atom. The van der Waals surface area contributed by atoms with E-state index < -0.39 is 5.09 Å². The highest BCUT2D eigenvalue weighted by Gasteiger charge is 2.16. The van der Waals surface area contributed by atoms with Crippen LogP contribution in [0, 0.1) is 10.1 Å². The van der Waals surface area contributed by atoms with Gasteiger partial charge in [-0.1, -0.05) is 0 Å². The first-order valence-electron chi connectivity index (χ1n) is 8.99. The SMILES string of the molecule is COCCOc1cc2ncnc(-c3c[nH]c4ccc(O[N+](=O)[O-])cc34)c2cc1OC.Cl. The maximum absolute atomic E-state index is 10.7. The lowest BCUT2D eigenvalue weighted by Gasteiger charge is -2.13. The van der Waals surface area contributed by atoms with Gasteiger partial charge in [-0.15, -0.1) is 22.5 Å². The predicted molar refractivity (Wildman–Crippen MR) is 116 cm³/mol. The molecule has 31 heavy (non-hydrogen) atoms. The molecule has 0 saturated carbocycles. The average Bonchev–Trinajstić information content (AvgIpc) is 3.15. The maximum Gasteiger partial charge on any atom is 0.299 e. The van der Waals surface area contributed by atoms with E-state index in [2.05, 4.69) is 19.8 Å². The van der Waals surface area contributed by atoms with Crippen LogP contribution in [0.3, 0.4) is 0 Å². The molecular weight excluding hydrogens is 428 g/mol. The number of halogens is 1. The van der Waals surface area contributed by atoms with Crippen LogP contribution in [-0.2, 0) is 4.74 Å². The van der Waals surface area contributed by atoms with Gasteiger partial charge in [0, 0.05) is 41.2 Å². The van der Waals surface area contributed by atoms with Crippen molar-refractivity contribution in [2.24, 2.45) is 0 Å². The fourth-order valence-electron chi connectivity index (χ4n) is 3.22. The van der Waals surface area contributed by atoms with Gasteiger partial charge in [-0.2, -0.15) is 0 Å². The van der Waals surface area contributed by atoms with E-state index in [0.717, 1.165) is 21.9 Å². The van der Waals surface area contributed by atoms with Gasteiger partial charge in [0.2, 0.25) is 0 Å². The van der Waals surface area contributed by atoms with Crippen LogP contribution in [0.15, 0.2) is 42.9 Å². The number of rotatable bonds is 8. The Kier molecular flexibility index (Phi) is 6.73. The van der Waals surface area contributed by atoms with Gasteiger partial charge in [0.1, 0.15) is 18.7 Å². The van der Waals surface area contributed by atoms with E-state index in [1.54, 1.807) is 38.6 Å². The number of nitrogens with one attached hydrogen (secondary N) is 1. The summed E-state index contributed by atoms with van der Waals surface area (Å²) in [6, 6.07) is 8.42. The van der Waals surface area contributed by atoms with Crippen LogP contribution in [0.5, 0.6) is 17.2 Å². The van der Waals surface area contributed by atoms with Crippen LogP contribution in [0.2, 0.25) is 0 Å². The predicted octanol–water partition coefficient (Wildman–Crippen LogP) is 3.80. The summed E-state index contributed by atoms with van der Waals surface area (Å²) in [5, 5.41) is 11.3. The second-order valence-corrected chi connectivity index (χ2v) is 6.31. The first-order valence-corrected chi connectivity index (χ1v) is 8.99. The molecule has 0 atom stereocenters. The third-order valence-corrected chi connectivity index (χ3v) is 4.55. The normalized spacial score (nSPS) is 10.6. The summed E-state index contributed by atoms with van der Waals surface area (Å²) in [4.78, 5) is 27.2. The molecular formula is C20H19ClN4O6. The standard InChI is InChI=1S/C20H18N4O6.ClH/c1-27-5-6-29-19-9-17-14(8-18(19)28-2)20(23-11-22-17)15-10-21-16-4-3-12(7-13(15)16)30-24(25)26;/h3-4,7-11,21H,5-6H2,1-2H3;1H. The molecule has 0 fully saturated rings. The molecule has 0 amide bonds. The highest BCUT2D eigenvalue weighted by atomic mass is 35.5. The molecule has 1 N–H and O–H groups in total. The summed E-state index contributed by atoms with van der Waals surface area (Å²) in [6.45, 7) is 0.818. The zero-order valence-corrected chi connectivity index (χ0v) is 17.5. The fourth-order valence-corrected chi connectivity index (χ4v) is 3.22. The molecule has 4 rings (SSSR count). The van der Waals surface area contributed by atoms with Gasteiger partial charge in [0.15, 0.2) is 11.5 Å². The van der Waals surface area contributed by atoms with E-state index in [4.69, 9.17) is 14.2 Å². The number of methoxy groups -OCH3 is 2. The lowest BCUT2D eigenvalue weighted by molar-refractivity contribution is -0.711. The summed E-state index contributed by atoms with van der Waals surface area (Å²) < 4.78 is 16.2. The van der Waals surface area contributed by atoms with Gasteiger partial charge in [-0.3, -0.25) is 4.84 Å². The summed E-state index contributed by atoms with van der Waals surface area (Å²) in [5.41, 5.74) is 2.85. The summed E-state index contributed by atoms with van der Waals surface area (Å²) in [6.07, 6.45) is 3.25. The van der Waals surface area contributed by atoms with Gasteiger partial charge in [-0.05, 0) is 24.3 Å². The Hall–Kier alpha value is -3.63. The first-order chi connectivity index (χ1) is 14.6. The number of fused-ring (bicyclic) bond motifs is 2. The zero-order chi connectivity index (χ0) is 21.1. The van der Waals surface area contributed by atoms with Crippen molar-refractivity contribution in [1.82, 2.24) is 15.0 Å². The molecule has 4 aromatic rings. The van der Waals surface area contributed by atoms with E-state index in [0.29, 0.717) is 35.9 Å². The van der Waals surface area contributed by atoms with Crippen molar-refractivity contribution in [3.8, 4) is 28.5 Å². The number of H-pyrrole nitrogens is 1. The smallest absolute Gasteiger partial charge is 0.299 e. The van der Waals surface area contributed by atoms with E-state index >= 15 is 0 Å². The fraction of sp³-hybridized carbons (Fsp3) is 0.200. The van der Waals surface area contributed by atoms with Crippen LogP contribution < -0.4 is 14.3 Å². The molecule has 2 heterocycles. The van der Waals surface area contributed by atoms with E-state index in [9.17, 15) is 10.1 Å². The van der Waals surface area contributed by atoms with Crippen LogP contribution >= 0.6 is 12.4 Å². The van der Waals surface area contributed by atoms with Gasteiger partial charge in [0.25, 0.3) is 5.09 Å². The molecule has 0 radical (unpaired) electrons. The van der Waals surface area contributed by atoms with Crippen molar-refractivity contribution in [2.45, 2.75) is 0 Å². The number of nitrogens with zero attached hydrogens (tertiary/aromatic N) is 3. The van der Waals surface area contributed by atoms with Crippen molar-refractivity contribution in [1.29, 1.82) is 0 Å². The van der Waals surface area contributed by atoms with Crippen molar-refractivity contribution >= 4 is 34.2 Å². The number of aromatic amines is 1. The molecule has 10 nitrogen and oxygen atoms in total. The average molecular weight is 447 g/mol. The summed E-state index contributed by atoms with van der Waals surface area (Å²) >= 11 is 0. The van der Waals surface area contributed by atoms with Crippen molar-refractivity contribution < 1.29 is 24.1 Å². The molecule has 0 aliphatic carbocycles. The minimum atomic E-state index is -0.844. The Labute approximate surface area is 182 Å². The maximum atomic E-state index is 10.7. The molecule has 162 valence electrons. The lowest BCUT2D eigenvalue weighted by Crippen LogP contribution is -2.05. The van der Waals surface area contributed by atoms with Crippen LogP contribution in [0.4, 0.5) is 0 Å². The third kappa shape index (κ3) is 4.44. The topological polar surface area (TPSA) is 122 Å². The van der Waals surface area contributed by atoms with E-state index in [1.807, 2.05) is 6.07 Å². The molecule has 0 aliphatic heterocycles. The molecule has 0 unspecified atom stereocenters. The van der Waals surface area contributed by atoms with Crippen LogP contribution in [0.25, 0.3) is 33.1 Å². The second-order valence-electron chi connectivity index (χ2n) is 6.31. The Bertz CT molecular complexity index is 1230. The lowest BCUT2D eigenvalue weighted by atomic mass is 10.0. The van der Waals surface area contributed by atoms with E-state index in [1.165, 1.54) is 12.4 Å². The van der Waals surface area contributed by atoms with Gasteiger partial charge >= 0.3 is 0 Å². The van der Waals surface area contributed by atoms with E-state index in [-0.39, 0.29) is 18.2 Å². The van der Waals surface area contributed by atoms with Crippen molar-refractivity contribution in [2.75, 3.05) is 27.4 Å². The molecule has 11 heteroatoms. The Morgan fingerprint density at radius 3 is 2.65 bits per heavy atom. The molecule has 2 aromatic heterocycles. The number of ether oxygens (including phenoxy) is 3. The molecule has 0 saturated heterocycles. The quantitative estimate of drug-likeness (QED) is 0.246.